The van der Waals surface area contributed by atoms with E-state index in [1.165, 1.54) is 50.7 Å². The highest BCUT2D eigenvalue weighted by atomic mass is 16.5. The molecule has 0 aliphatic rings. The van der Waals surface area contributed by atoms with Crippen molar-refractivity contribution in [3.05, 3.63) is 35.4 Å². The zero-order valence-electron chi connectivity index (χ0n) is 17.0. The van der Waals surface area contributed by atoms with Crippen LogP contribution in [0, 0.1) is 0 Å². The molecule has 4 heteroatoms. The van der Waals surface area contributed by atoms with Crippen molar-refractivity contribution < 1.29 is 19.4 Å². The molecule has 0 unspecified atom stereocenters. The predicted octanol–water partition coefficient (Wildman–Crippen LogP) is 6.63. The maximum absolute atomic E-state index is 12.6. The van der Waals surface area contributed by atoms with Gasteiger partial charge in [-0.2, -0.15) is 0 Å². The molecule has 0 saturated heterocycles. The molecule has 0 heterocycles. The quantitative estimate of drug-likeness (QED) is 0.275. The molecule has 0 spiro atoms. The molecular formula is C23H36O4. The smallest absolute Gasteiger partial charge is 0.339 e. The Morgan fingerprint density at radius 2 is 1.30 bits per heavy atom. The minimum Gasteiger partial charge on any atom is -0.478 e. The highest BCUT2D eigenvalue weighted by Gasteiger charge is 2.20. The number of hydrogen-bond acceptors (Lipinski definition) is 3. The molecule has 0 fully saturated rings. The fourth-order valence-electron chi connectivity index (χ4n) is 3.28. The lowest BCUT2D eigenvalue weighted by Crippen LogP contribution is -2.20. The molecule has 1 rings (SSSR count). The van der Waals surface area contributed by atoms with E-state index < -0.39 is 11.9 Å². The zero-order chi connectivity index (χ0) is 19.9. The van der Waals surface area contributed by atoms with E-state index in [1.807, 2.05) is 0 Å². The van der Waals surface area contributed by atoms with Crippen molar-refractivity contribution >= 4 is 11.9 Å². The summed E-state index contributed by atoms with van der Waals surface area (Å²) in [4.78, 5) is 23.9. The van der Waals surface area contributed by atoms with Crippen LogP contribution in [0.15, 0.2) is 24.3 Å². The van der Waals surface area contributed by atoms with Gasteiger partial charge < -0.3 is 9.84 Å². The van der Waals surface area contributed by atoms with Crippen LogP contribution in [0.3, 0.4) is 0 Å². The molecular weight excluding hydrogens is 340 g/mol. The van der Waals surface area contributed by atoms with Crippen LogP contribution in [0.5, 0.6) is 0 Å². The van der Waals surface area contributed by atoms with E-state index >= 15 is 0 Å². The van der Waals surface area contributed by atoms with E-state index in [4.69, 9.17) is 4.74 Å². The van der Waals surface area contributed by atoms with Crippen molar-refractivity contribution in [2.75, 3.05) is 0 Å². The molecule has 1 aromatic rings. The van der Waals surface area contributed by atoms with E-state index in [-0.39, 0.29) is 17.2 Å². The average Bonchev–Trinajstić information content (AvgIpc) is 2.67. The Labute approximate surface area is 164 Å². The first-order chi connectivity index (χ1) is 13.1. The molecule has 0 aliphatic carbocycles. The van der Waals surface area contributed by atoms with Crippen LogP contribution >= 0.6 is 0 Å². The van der Waals surface area contributed by atoms with Crippen molar-refractivity contribution in [2.45, 2.75) is 97.0 Å². The molecule has 0 atom stereocenters. The second-order valence-corrected chi connectivity index (χ2v) is 7.28. The van der Waals surface area contributed by atoms with Crippen LogP contribution in [-0.2, 0) is 4.74 Å². The first-order valence-electron chi connectivity index (χ1n) is 10.6. The van der Waals surface area contributed by atoms with Crippen molar-refractivity contribution in [1.29, 1.82) is 0 Å². The van der Waals surface area contributed by atoms with Crippen LogP contribution in [0.25, 0.3) is 0 Å². The van der Waals surface area contributed by atoms with Gasteiger partial charge in [-0.1, -0.05) is 77.3 Å². The van der Waals surface area contributed by atoms with Gasteiger partial charge in [0.2, 0.25) is 0 Å². The van der Waals surface area contributed by atoms with Crippen LogP contribution in [0.1, 0.15) is 112 Å². The van der Waals surface area contributed by atoms with Crippen molar-refractivity contribution in [3.8, 4) is 0 Å². The SMILES string of the molecule is CCCCCCCC(CCCCCCC)OC(=O)c1ccccc1C(=O)O. The number of carboxylic acid groups (broad SMARTS) is 1. The first-order valence-corrected chi connectivity index (χ1v) is 10.6. The van der Waals surface area contributed by atoms with Crippen molar-refractivity contribution in [2.24, 2.45) is 0 Å². The normalized spacial score (nSPS) is 10.9. The molecule has 4 nitrogen and oxygen atoms in total. The maximum Gasteiger partial charge on any atom is 0.339 e. The fraction of sp³-hybridized carbons (Fsp3) is 0.652. The summed E-state index contributed by atoms with van der Waals surface area (Å²) in [5, 5.41) is 9.29. The van der Waals surface area contributed by atoms with Gasteiger partial charge >= 0.3 is 11.9 Å². The van der Waals surface area contributed by atoms with Gasteiger partial charge in [-0.05, 0) is 37.8 Å². The summed E-state index contributed by atoms with van der Waals surface area (Å²) in [6, 6.07) is 6.28. The summed E-state index contributed by atoms with van der Waals surface area (Å²) in [6.07, 6.45) is 13.3. The number of ether oxygens (including phenoxy) is 1. The van der Waals surface area contributed by atoms with E-state index in [9.17, 15) is 14.7 Å². The van der Waals surface area contributed by atoms with Crippen LogP contribution < -0.4 is 0 Å². The zero-order valence-corrected chi connectivity index (χ0v) is 17.0. The Morgan fingerprint density at radius 1 is 0.815 bits per heavy atom. The van der Waals surface area contributed by atoms with Crippen LogP contribution in [0.4, 0.5) is 0 Å². The molecule has 0 bridgehead atoms. The minimum absolute atomic E-state index is 0.00661. The molecule has 152 valence electrons. The Kier molecular flexibility index (Phi) is 12.2. The number of carbonyl (C=O) groups is 2. The first kappa shape index (κ1) is 23.2. The lowest BCUT2D eigenvalue weighted by atomic mass is 10.0. The standard InChI is InChI=1S/C23H36O4/c1-3-5-7-9-11-15-19(16-12-10-8-6-4-2)27-23(26)21-18-14-13-17-20(21)22(24)25/h13-14,17-19H,3-12,15-16H2,1-2H3,(H,24,25). The van der Waals surface area contributed by atoms with E-state index in [2.05, 4.69) is 13.8 Å². The summed E-state index contributed by atoms with van der Waals surface area (Å²) in [7, 11) is 0. The maximum atomic E-state index is 12.6. The molecule has 0 radical (unpaired) electrons. The highest BCUT2D eigenvalue weighted by Crippen LogP contribution is 2.19. The number of benzene rings is 1. The average molecular weight is 377 g/mol. The van der Waals surface area contributed by atoms with E-state index in [0.29, 0.717) is 0 Å². The summed E-state index contributed by atoms with van der Waals surface area (Å²) < 4.78 is 5.74. The third-order valence-corrected chi connectivity index (χ3v) is 4.91. The van der Waals surface area contributed by atoms with Gasteiger partial charge in [0.15, 0.2) is 0 Å². The largest absolute Gasteiger partial charge is 0.478 e. The Morgan fingerprint density at radius 3 is 1.78 bits per heavy atom. The molecule has 1 N–H and O–H groups in total. The number of carbonyl (C=O) groups excluding carboxylic acids is 1. The Bertz CT molecular complexity index is 539. The highest BCUT2D eigenvalue weighted by molar-refractivity contribution is 6.02. The van der Waals surface area contributed by atoms with Gasteiger partial charge in [0.05, 0.1) is 11.1 Å². The Balaban J connectivity index is 2.62. The van der Waals surface area contributed by atoms with Gasteiger partial charge in [-0.15, -0.1) is 0 Å². The lowest BCUT2D eigenvalue weighted by molar-refractivity contribution is 0.0244. The number of esters is 1. The Hall–Kier alpha value is -1.84. The molecule has 27 heavy (non-hydrogen) atoms. The lowest BCUT2D eigenvalue weighted by Gasteiger charge is -2.19. The topological polar surface area (TPSA) is 63.6 Å². The molecule has 1 aromatic carbocycles. The summed E-state index contributed by atoms with van der Waals surface area (Å²) in [5.41, 5.74) is 0.152. The third-order valence-electron chi connectivity index (χ3n) is 4.91. The number of hydrogen-bond donors (Lipinski definition) is 1. The van der Waals surface area contributed by atoms with E-state index in [1.54, 1.807) is 12.1 Å². The number of aromatic carboxylic acids is 1. The van der Waals surface area contributed by atoms with Crippen molar-refractivity contribution in [3.63, 3.8) is 0 Å². The minimum atomic E-state index is -1.10. The third kappa shape index (κ3) is 9.60. The fourth-order valence-corrected chi connectivity index (χ4v) is 3.28. The van der Waals surface area contributed by atoms with Crippen molar-refractivity contribution in [1.82, 2.24) is 0 Å². The number of rotatable bonds is 15. The van der Waals surface area contributed by atoms with Crippen LogP contribution in [-0.4, -0.2) is 23.1 Å². The van der Waals surface area contributed by atoms with Gasteiger partial charge in [-0.3, -0.25) is 0 Å². The van der Waals surface area contributed by atoms with Gasteiger partial charge in [-0.25, -0.2) is 9.59 Å². The molecule has 0 saturated carbocycles. The van der Waals surface area contributed by atoms with E-state index in [0.717, 1.165) is 38.5 Å². The molecule has 0 amide bonds. The predicted molar refractivity (Wildman–Crippen MR) is 109 cm³/mol. The van der Waals surface area contributed by atoms with Gasteiger partial charge in [0, 0.05) is 0 Å². The number of unbranched alkanes of at least 4 members (excludes halogenated alkanes) is 8. The number of carboxylic acids is 1. The second kappa shape index (κ2) is 14.2. The summed E-state index contributed by atoms with van der Waals surface area (Å²) >= 11 is 0. The van der Waals surface area contributed by atoms with Gasteiger partial charge in [0.1, 0.15) is 6.10 Å². The summed E-state index contributed by atoms with van der Waals surface area (Å²) in [6.45, 7) is 4.39. The molecule has 0 aliphatic heterocycles. The van der Waals surface area contributed by atoms with Crippen LogP contribution in [0.2, 0.25) is 0 Å². The second-order valence-electron chi connectivity index (χ2n) is 7.28. The van der Waals surface area contributed by atoms with Gasteiger partial charge in [0.25, 0.3) is 0 Å². The summed E-state index contributed by atoms with van der Waals surface area (Å²) in [5.74, 6) is -1.61. The molecule has 0 aromatic heterocycles. The monoisotopic (exact) mass is 376 g/mol.